The minimum atomic E-state index is -0.555. The van der Waals surface area contributed by atoms with Crippen LogP contribution in [0.2, 0.25) is 0 Å². The van der Waals surface area contributed by atoms with E-state index in [1.54, 1.807) is 6.07 Å². The van der Waals surface area contributed by atoms with Gasteiger partial charge in [0.2, 0.25) is 0 Å². The first kappa shape index (κ1) is 18.6. The molecular weight excluding hydrogens is 349 g/mol. The molecule has 0 aromatic heterocycles. The summed E-state index contributed by atoms with van der Waals surface area (Å²) in [5, 5.41) is 20.6. The van der Waals surface area contributed by atoms with Gasteiger partial charge in [0.1, 0.15) is 0 Å². The van der Waals surface area contributed by atoms with Gasteiger partial charge in [0.25, 0.3) is 5.69 Å². The van der Waals surface area contributed by atoms with Crippen molar-refractivity contribution in [1.29, 1.82) is 0 Å². The lowest BCUT2D eigenvalue weighted by Gasteiger charge is -2.42. The fourth-order valence-corrected chi connectivity index (χ4v) is 5.32. The van der Waals surface area contributed by atoms with E-state index in [2.05, 4.69) is 9.80 Å². The Bertz CT molecular complexity index is 708. The molecule has 27 heavy (non-hydrogen) atoms. The fraction of sp³-hybridized carbons (Fsp3) is 0.700. The van der Waals surface area contributed by atoms with Crippen molar-refractivity contribution >= 4 is 11.4 Å². The highest BCUT2D eigenvalue weighted by Crippen LogP contribution is 2.42. The molecule has 0 radical (unpaired) electrons. The van der Waals surface area contributed by atoms with Gasteiger partial charge in [0, 0.05) is 37.2 Å². The van der Waals surface area contributed by atoms with E-state index in [4.69, 9.17) is 0 Å². The predicted molar refractivity (Wildman–Crippen MR) is 101 cm³/mol. The van der Waals surface area contributed by atoms with E-state index in [-0.39, 0.29) is 17.2 Å². The number of rotatable bonds is 3. The molecule has 0 amide bonds. The lowest BCUT2D eigenvalue weighted by Crippen LogP contribution is -2.46. The van der Waals surface area contributed by atoms with Crippen molar-refractivity contribution in [2.75, 3.05) is 31.1 Å². The fourth-order valence-electron chi connectivity index (χ4n) is 5.32. The number of anilines is 1. The van der Waals surface area contributed by atoms with Gasteiger partial charge in [-0.3, -0.25) is 15.0 Å². The molecule has 3 fully saturated rings. The number of non-ortho nitro benzene ring substituents is 1. The maximum atomic E-state index is 14.5. The number of aliphatic hydroxyl groups is 1. The van der Waals surface area contributed by atoms with Gasteiger partial charge in [0.15, 0.2) is 5.82 Å². The maximum Gasteiger partial charge on any atom is 0.272 e. The van der Waals surface area contributed by atoms with E-state index in [1.807, 2.05) is 0 Å². The molecular formula is C20H28FN3O3. The molecule has 4 rings (SSSR count). The highest BCUT2D eigenvalue weighted by atomic mass is 19.1. The van der Waals surface area contributed by atoms with Crippen LogP contribution < -0.4 is 4.90 Å². The first-order valence-corrected chi connectivity index (χ1v) is 10.1. The molecule has 1 spiro atoms. The third kappa shape index (κ3) is 3.80. The van der Waals surface area contributed by atoms with Gasteiger partial charge < -0.3 is 10.0 Å². The third-order valence-electron chi connectivity index (χ3n) is 6.79. The van der Waals surface area contributed by atoms with E-state index < -0.39 is 10.7 Å². The Balaban J connectivity index is 1.45. The van der Waals surface area contributed by atoms with Gasteiger partial charge >= 0.3 is 0 Å². The molecule has 1 aromatic rings. The number of likely N-dealkylation sites (tertiary alicyclic amines) is 1. The zero-order valence-electron chi connectivity index (χ0n) is 15.6. The van der Waals surface area contributed by atoms with Crippen LogP contribution in [-0.4, -0.2) is 53.3 Å². The molecule has 7 heteroatoms. The zero-order valence-corrected chi connectivity index (χ0v) is 15.6. The Labute approximate surface area is 159 Å². The van der Waals surface area contributed by atoms with E-state index in [1.165, 1.54) is 6.07 Å². The molecule has 1 N–H and O–H groups in total. The van der Waals surface area contributed by atoms with Crippen molar-refractivity contribution in [1.82, 2.24) is 4.90 Å². The van der Waals surface area contributed by atoms with E-state index >= 15 is 0 Å². The third-order valence-corrected chi connectivity index (χ3v) is 6.79. The second-order valence-electron chi connectivity index (χ2n) is 8.60. The van der Waals surface area contributed by atoms with Crippen LogP contribution in [0.1, 0.15) is 44.9 Å². The minimum Gasteiger partial charge on any atom is -0.393 e. The van der Waals surface area contributed by atoms with Gasteiger partial charge in [-0.25, -0.2) is 4.39 Å². The second-order valence-corrected chi connectivity index (χ2v) is 8.60. The Hall–Kier alpha value is -1.73. The molecule has 6 nitrogen and oxygen atoms in total. The molecule has 1 atom stereocenters. The summed E-state index contributed by atoms with van der Waals surface area (Å²) in [6.07, 6.45) is 7.10. The number of benzene rings is 1. The van der Waals surface area contributed by atoms with E-state index in [9.17, 15) is 19.6 Å². The topological polar surface area (TPSA) is 69.9 Å². The number of hydrogen-bond acceptors (Lipinski definition) is 5. The summed E-state index contributed by atoms with van der Waals surface area (Å²) in [6, 6.07) is 4.56. The number of hydrogen-bond donors (Lipinski definition) is 1. The van der Waals surface area contributed by atoms with Crippen LogP contribution in [0.25, 0.3) is 0 Å². The van der Waals surface area contributed by atoms with Crippen LogP contribution in [0.15, 0.2) is 18.2 Å². The molecule has 2 heterocycles. The summed E-state index contributed by atoms with van der Waals surface area (Å²) in [5.74, 6) is -0.502. The van der Waals surface area contributed by atoms with Crippen molar-refractivity contribution in [2.45, 2.75) is 57.1 Å². The van der Waals surface area contributed by atoms with Crippen LogP contribution in [-0.2, 0) is 0 Å². The second kappa shape index (κ2) is 7.36. The lowest BCUT2D eigenvalue weighted by atomic mass is 9.79. The van der Waals surface area contributed by atoms with Crippen LogP contribution in [0.5, 0.6) is 0 Å². The Morgan fingerprint density at radius 3 is 2.63 bits per heavy atom. The smallest absolute Gasteiger partial charge is 0.272 e. The van der Waals surface area contributed by atoms with Crippen molar-refractivity contribution < 1.29 is 14.4 Å². The van der Waals surface area contributed by atoms with Crippen LogP contribution in [0.3, 0.4) is 0 Å². The molecule has 1 saturated carbocycles. The first-order chi connectivity index (χ1) is 13.0. The highest BCUT2D eigenvalue weighted by Gasteiger charge is 2.43. The van der Waals surface area contributed by atoms with Gasteiger partial charge in [-0.1, -0.05) is 0 Å². The SMILES string of the molecule is O=[N+]([O-])c1ccc(N2CCCC3(CCN(C4CCC(O)CC4)C3)C2)c(F)c1. The van der Waals surface area contributed by atoms with Crippen LogP contribution >= 0.6 is 0 Å². The summed E-state index contributed by atoms with van der Waals surface area (Å²) in [5.41, 5.74) is 0.469. The normalized spacial score (nSPS) is 32.1. The highest BCUT2D eigenvalue weighted by molar-refractivity contribution is 5.53. The average molecular weight is 377 g/mol. The number of nitro groups is 1. The van der Waals surface area contributed by atoms with Crippen molar-refractivity contribution in [3.8, 4) is 0 Å². The first-order valence-electron chi connectivity index (χ1n) is 10.1. The number of halogens is 1. The summed E-state index contributed by atoms with van der Waals surface area (Å²) in [4.78, 5) is 15.0. The quantitative estimate of drug-likeness (QED) is 0.646. The van der Waals surface area contributed by atoms with Crippen molar-refractivity contribution in [2.24, 2.45) is 5.41 Å². The Morgan fingerprint density at radius 1 is 1.15 bits per heavy atom. The standard InChI is InChI=1S/C20H28FN3O3/c21-18-12-16(24(26)27)4-7-19(18)23-10-1-8-20(14-23)9-11-22(13-20)15-2-5-17(25)6-3-15/h4,7,12,15,17,25H,1-3,5-6,8-11,13-14H2. The maximum absolute atomic E-state index is 14.5. The lowest BCUT2D eigenvalue weighted by molar-refractivity contribution is -0.385. The largest absolute Gasteiger partial charge is 0.393 e. The van der Waals surface area contributed by atoms with Gasteiger partial charge in [-0.05, 0) is 57.6 Å². The molecule has 2 saturated heterocycles. The molecule has 1 aliphatic carbocycles. The zero-order chi connectivity index (χ0) is 19.0. The monoisotopic (exact) mass is 377 g/mol. The minimum absolute atomic E-state index is 0.131. The Morgan fingerprint density at radius 2 is 1.93 bits per heavy atom. The summed E-state index contributed by atoms with van der Waals surface area (Å²) >= 11 is 0. The Kier molecular flexibility index (Phi) is 5.07. The molecule has 3 aliphatic rings. The molecule has 2 aliphatic heterocycles. The number of nitrogens with zero attached hydrogens (tertiary/aromatic N) is 3. The summed E-state index contributed by atoms with van der Waals surface area (Å²) in [7, 11) is 0. The number of piperidine rings is 1. The summed E-state index contributed by atoms with van der Waals surface area (Å²) < 4.78 is 14.5. The molecule has 1 aromatic carbocycles. The van der Waals surface area contributed by atoms with Crippen LogP contribution in [0, 0.1) is 21.3 Å². The molecule has 1 unspecified atom stereocenters. The van der Waals surface area contributed by atoms with Crippen molar-refractivity contribution in [3.63, 3.8) is 0 Å². The molecule has 0 bridgehead atoms. The number of nitro benzene ring substituents is 1. The van der Waals surface area contributed by atoms with Crippen molar-refractivity contribution in [3.05, 3.63) is 34.1 Å². The van der Waals surface area contributed by atoms with Crippen LogP contribution in [0.4, 0.5) is 15.8 Å². The van der Waals surface area contributed by atoms with E-state index in [0.717, 1.165) is 77.2 Å². The summed E-state index contributed by atoms with van der Waals surface area (Å²) in [6.45, 7) is 3.73. The van der Waals surface area contributed by atoms with Gasteiger partial charge in [-0.15, -0.1) is 0 Å². The van der Waals surface area contributed by atoms with Gasteiger partial charge in [-0.2, -0.15) is 0 Å². The predicted octanol–water partition coefficient (Wildman–Crippen LogP) is 3.33. The average Bonchev–Trinajstić information content (AvgIpc) is 3.05. The number of aliphatic hydroxyl groups excluding tert-OH is 1. The van der Waals surface area contributed by atoms with E-state index in [0.29, 0.717) is 11.7 Å². The molecule has 148 valence electrons. The van der Waals surface area contributed by atoms with Gasteiger partial charge in [0.05, 0.1) is 22.8 Å².